The summed E-state index contributed by atoms with van der Waals surface area (Å²) in [6.07, 6.45) is 1.22. The van der Waals surface area contributed by atoms with Gasteiger partial charge >= 0.3 is 0 Å². The van der Waals surface area contributed by atoms with Crippen LogP contribution in [0.25, 0.3) is 0 Å². The fourth-order valence-corrected chi connectivity index (χ4v) is 2.46. The molecule has 0 saturated carbocycles. The van der Waals surface area contributed by atoms with Crippen molar-refractivity contribution >= 4 is 5.91 Å². The number of nitrogens with two attached hydrogens (primary N) is 1. The fourth-order valence-electron chi connectivity index (χ4n) is 2.46. The largest absolute Gasteiger partial charge is 0.504 e. The molecule has 1 fully saturated rings. The topological polar surface area (TPSA) is 75.8 Å². The van der Waals surface area contributed by atoms with E-state index in [4.69, 9.17) is 10.5 Å². The molecule has 0 unspecified atom stereocenters. The highest BCUT2D eigenvalue weighted by molar-refractivity contribution is 5.82. The molecule has 1 aromatic carbocycles. The van der Waals surface area contributed by atoms with E-state index in [2.05, 4.69) is 0 Å². The number of carbonyl (C=O) groups is 1. The smallest absolute Gasteiger partial charge is 0.239 e. The number of rotatable bonds is 4. The average molecular weight is 310 g/mol. The summed E-state index contributed by atoms with van der Waals surface area (Å²) in [7, 11) is 0. The van der Waals surface area contributed by atoms with Gasteiger partial charge in [0.15, 0.2) is 11.5 Å². The van der Waals surface area contributed by atoms with Crippen molar-refractivity contribution in [3.8, 4) is 11.5 Å². The number of aromatic hydroxyl groups is 1. The van der Waals surface area contributed by atoms with Crippen LogP contribution in [-0.4, -0.2) is 41.1 Å². The van der Waals surface area contributed by atoms with Gasteiger partial charge in [0, 0.05) is 32.0 Å². The van der Waals surface area contributed by atoms with Crippen LogP contribution in [0.15, 0.2) is 18.2 Å². The van der Waals surface area contributed by atoms with Crippen molar-refractivity contribution in [2.24, 2.45) is 11.7 Å². The van der Waals surface area contributed by atoms with Gasteiger partial charge in [0.25, 0.3) is 0 Å². The molecule has 1 aliphatic rings. The minimum absolute atomic E-state index is 0.0296. The lowest BCUT2D eigenvalue weighted by atomic mass is 10.0. The highest BCUT2D eigenvalue weighted by atomic mass is 19.1. The quantitative estimate of drug-likeness (QED) is 0.890. The standard InChI is InChI=1S/C16H23FN2O3/c1-10(2)15(18)16(21)19-7-5-12(6-8-19)22-14-4-3-11(17)9-13(14)20/h3-4,9-10,12,15,20H,5-8,18H2,1-2H3/t15-/m0/s1. The van der Waals surface area contributed by atoms with Crippen molar-refractivity contribution in [2.75, 3.05) is 13.1 Å². The third-order valence-corrected chi connectivity index (χ3v) is 3.97. The van der Waals surface area contributed by atoms with Crippen LogP contribution in [0, 0.1) is 11.7 Å². The lowest BCUT2D eigenvalue weighted by molar-refractivity contribution is -0.135. The normalized spacial score (nSPS) is 17.6. The Balaban J connectivity index is 1.88. The van der Waals surface area contributed by atoms with Crippen molar-refractivity contribution in [3.63, 3.8) is 0 Å². The number of ether oxygens (including phenoxy) is 1. The Morgan fingerprint density at radius 3 is 2.59 bits per heavy atom. The van der Waals surface area contributed by atoms with Crippen molar-refractivity contribution < 1.29 is 19.0 Å². The molecule has 1 heterocycles. The van der Waals surface area contributed by atoms with E-state index < -0.39 is 11.9 Å². The highest BCUT2D eigenvalue weighted by Crippen LogP contribution is 2.29. The second kappa shape index (κ2) is 6.96. The van der Waals surface area contributed by atoms with E-state index in [0.29, 0.717) is 25.9 Å². The number of carbonyl (C=O) groups excluding carboxylic acids is 1. The first kappa shape index (κ1) is 16.5. The summed E-state index contributed by atoms with van der Waals surface area (Å²) >= 11 is 0. The first-order chi connectivity index (χ1) is 10.4. The van der Waals surface area contributed by atoms with Gasteiger partial charge in [0.1, 0.15) is 11.9 Å². The van der Waals surface area contributed by atoms with Gasteiger partial charge in [-0.3, -0.25) is 4.79 Å². The Kier molecular flexibility index (Phi) is 5.24. The van der Waals surface area contributed by atoms with Crippen molar-refractivity contribution in [1.82, 2.24) is 4.90 Å². The second-order valence-corrected chi connectivity index (χ2v) is 6.02. The third-order valence-electron chi connectivity index (χ3n) is 3.97. The van der Waals surface area contributed by atoms with Gasteiger partial charge in [-0.1, -0.05) is 13.8 Å². The van der Waals surface area contributed by atoms with Gasteiger partial charge < -0.3 is 20.5 Å². The summed E-state index contributed by atoms with van der Waals surface area (Å²) in [6, 6.07) is 3.21. The van der Waals surface area contributed by atoms with Crippen molar-refractivity contribution in [3.05, 3.63) is 24.0 Å². The maximum Gasteiger partial charge on any atom is 0.239 e. The van der Waals surface area contributed by atoms with Gasteiger partial charge in [0.2, 0.25) is 5.91 Å². The van der Waals surface area contributed by atoms with Crippen molar-refractivity contribution in [2.45, 2.75) is 38.8 Å². The van der Waals surface area contributed by atoms with Crippen LogP contribution in [0.3, 0.4) is 0 Å². The van der Waals surface area contributed by atoms with Crippen LogP contribution in [-0.2, 0) is 4.79 Å². The zero-order chi connectivity index (χ0) is 16.3. The molecular formula is C16H23FN2O3. The number of piperidine rings is 1. The van der Waals surface area contributed by atoms with Crippen molar-refractivity contribution in [1.29, 1.82) is 0 Å². The number of phenols is 1. The van der Waals surface area contributed by atoms with Gasteiger partial charge in [-0.25, -0.2) is 4.39 Å². The van der Waals surface area contributed by atoms with Gasteiger partial charge in [-0.2, -0.15) is 0 Å². The molecule has 1 atom stereocenters. The van der Waals surface area contributed by atoms with Crippen LogP contribution >= 0.6 is 0 Å². The molecule has 122 valence electrons. The summed E-state index contributed by atoms with van der Waals surface area (Å²) in [6.45, 7) is 5.00. The number of hydrogen-bond acceptors (Lipinski definition) is 4. The summed E-state index contributed by atoms with van der Waals surface area (Å²) in [5, 5.41) is 9.65. The molecule has 2 rings (SSSR count). The molecule has 3 N–H and O–H groups in total. The van der Waals surface area contributed by atoms with Gasteiger partial charge in [-0.15, -0.1) is 0 Å². The number of amides is 1. The molecule has 22 heavy (non-hydrogen) atoms. The van der Waals surface area contributed by atoms with E-state index in [1.54, 1.807) is 4.90 Å². The molecule has 6 heteroatoms. The van der Waals surface area contributed by atoms with Crippen LogP contribution in [0.1, 0.15) is 26.7 Å². The van der Waals surface area contributed by atoms with E-state index in [1.165, 1.54) is 12.1 Å². The lowest BCUT2D eigenvalue weighted by Crippen LogP contribution is -2.50. The first-order valence-corrected chi connectivity index (χ1v) is 7.58. The number of nitrogens with zero attached hydrogens (tertiary/aromatic N) is 1. The van der Waals surface area contributed by atoms with E-state index in [9.17, 15) is 14.3 Å². The Bertz CT molecular complexity index is 528. The minimum Gasteiger partial charge on any atom is -0.504 e. The molecule has 0 radical (unpaired) electrons. The lowest BCUT2D eigenvalue weighted by Gasteiger charge is -2.34. The molecule has 1 aliphatic heterocycles. The van der Waals surface area contributed by atoms with Gasteiger partial charge in [-0.05, 0) is 18.1 Å². The fraction of sp³-hybridized carbons (Fsp3) is 0.562. The predicted octanol–water partition coefficient (Wildman–Crippen LogP) is 1.88. The van der Waals surface area contributed by atoms with E-state index in [1.807, 2.05) is 13.8 Å². The molecule has 5 nitrogen and oxygen atoms in total. The summed E-state index contributed by atoms with van der Waals surface area (Å²) in [5.74, 6) is -0.367. The monoisotopic (exact) mass is 310 g/mol. The van der Waals surface area contributed by atoms with Crippen LogP contribution in [0.2, 0.25) is 0 Å². The van der Waals surface area contributed by atoms with E-state index in [-0.39, 0.29) is 29.4 Å². The molecule has 0 aromatic heterocycles. The SMILES string of the molecule is CC(C)[C@H](N)C(=O)N1CCC(Oc2ccc(F)cc2O)CC1. The first-order valence-electron chi connectivity index (χ1n) is 7.58. The van der Waals surface area contributed by atoms with E-state index >= 15 is 0 Å². The molecule has 1 saturated heterocycles. The average Bonchev–Trinajstić information content (AvgIpc) is 2.49. The molecule has 0 bridgehead atoms. The molecule has 0 aliphatic carbocycles. The van der Waals surface area contributed by atoms with Crippen LogP contribution in [0.5, 0.6) is 11.5 Å². The number of hydrogen-bond donors (Lipinski definition) is 2. The summed E-state index contributed by atoms with van der Waals surface area (Å²) in [5.41, 5.74) is 5.89. The zero-order valence-corrected chi connectivity index (χ0v) is 13.0. The number of likely N-dealkylation sites (tertiary alicyclic amines) is 1. The zero-order valence-electron chi connectivity index (χ0n) is 13.0. The Labute approximate surface area is 129 Å². The third kappa shape index (κ3) is 3.88. The second-order valence-electron chi connectivity index (χ2n) is 6.02. The molecule has 0 spiro atoms. The minimum atomic E-state index is -0.507. The number of halogens is 1. The highest BCUT2D eigenvalue weighted by Gasteiger charge is 2.28. The van der Waals surface area contributed by atoms with Crippen LogP contribution < -0.4 is 10.5 Å². The van der Waals surface area contributed by atoms with Crippen LogP contribution in [0.4, 0.5) is 4.39 Å². The summed E-state index contributed by atoms with van der Waals surface area (Å²) < 4.78 is 18.6. The summed E-state index contributed by atoms with van der Waals surface area (Å²) in [4.78, 5) is 13.9. The Hall–Kier alpha value is -1.82. The molecular weight excluding hydrogens is 287 g/mol. The van der Waals surface area contributed by atoms with Gasteiger partial charge in [0.05, 0.1) is 6.04 Å². The maximum atomic E-state index is 12.9. The number of phenolic OH excluding ortho intramolecular Hbond substituents is 1. The molecule has 1 amide bonds. The maximum absolute atomic E-state index is 12.9. The number of benzene rings is 1. The van der Waals surface area contributed by atoms with E-state index in [0.717, 1.165) is 6.07 Å². The predicted molar refractivity (Wildman–Crippen MR) is 81.1 cm³/mol. The Morgan fingerprint density at radius 1 is 1.41 bits per heavy atom. The molecule has 1 aromatic rings. The Morgan fingerprint density at radius 2 is 2.05 bits per heavy atom.